The van der Waals surface area contributed by atoms with Crippen LogP contribution in [0.2, 0.25) is 10.0 Å². The van der Waals surface area contributed by atoms with Crippen LogP contribution < -0.4 is 5.32 Å². The molecule has 34 heavy (non-hydrogen) atoms. The molecule has 2 amide bonds. The van der Waals surface area contributed by atoms with Crippen LogP contribution >= 0.6 is 23.2 Å². The molecular weight excluding hydrogens is 467 g/mol. The second kappa shape index (κ2) is 12.0. The van der Waals surface area contributed by atoms with E-state index >= 15 is 0 Å². The van der Waals surface area contributed by atoms with Gasteiger partial charge in [-0.05, 0) is 49.6 Å². The number of carbonyl (C=O) groups excluding carboxylic acids is 2. The largest absolute Gasteiger partial charge is 0.352 e. The van der Waals surface area contributed by atoms with E-state index in [0.717, 1.165) is 16.7 Å². The minimum atomic E-state index is -0.695. The van der Waals surface area contributed by atoms with E-state index in [1.807, 2.05) is 75.4 Å². The van der Waals surface area contributed by atoms with Crippen molar-refractivity contribution >= 4 is 35.0 Å². The summed E-state index contributed by atoms with van der Waals surface area (Å²) in [5, 5.41) is 3.86. The van der Waals surface area contributed by atoms with Crippen LogP contribution in [-0.4, -0.2) is 28.8 Å². The molecule has 3 aromatic rings. The maximum Gasteiger partial charge on any atom is 0.243 e. The maximum atomic E-state index is 13.8. The first-order valence-electron chi connectivity index (χ1n) is 11.4. The molecule has 3 rings (SSSR count). The highest BCUT2D eigenvalue weighted by atomic mass is 35.5. The fourth-order valence-corrected chi connectivity index (χ4v) is 4.43. The van der Waals surface area contributed by atoms with Crippen LogP contribution in [0.15, 0.2) is 72.8 Å². The molecule has 4 nitrogen and oxygen atoms in total. The maximum absolute atomic E-state index is 13.8. The lowest BCUT2D eigenvalue weighted by Gasteiger charge is -2.32. The fraction of sp³-hybridized carbons (Fsp3) is 0.286. The molecule has 0 saturated heterocycles. The van der Waals surface area contributed by atoms with Gasteiger partial charge < -0.3 is 10.2 Å². The summed E-state index contributed by atoms with van der Waals surface area (Å²) in [7, 11) is 0. The van der Waals surface area contributed by atoms with Gasteiger partial charge >= 0.3 is 0 Å². The second-order valence-electron chi connectivity index (χ2n) is 8.76. The van der Waals surface area contributed by atoms with Gasteiger partial charge in [-0.2, -0.15) is 0 Å². The van der Waals surface area contributed by atoms with Gasteiger partial charge in [0.15, 0.2) is 0 Å². The normalized spacial score (nSPS) is 11.8. The number of nitrogens with zero attached hydrogens (tertiary/aromatic N) is 1. The lowest BCUT2D eigenvalue weighted by atomic mass is 10.0. The highest BCUT2D eigenvalue weighted by molar-refractivity contribution is 6.36. The van der Waals surface area contributed by atoms with Gasteiger partial charge in [0.2, 0.25) is 11.8 Å². The Morgan fingerprint density at radius 3 is 2.12 bits per heavy atom. The lowest BCUT2D eigenvalue weighted by Crippen LogP contribution is -2.52. The number of benzene rings is 3. The predicted octanol–water partition coefficient (Wildman–Crippen LogP) is 6.01. The van der Waals surface area contributed by atoms with E-state index in [1.54, 1.807) is 23.1 Å². The minimum absolute atomic E-state index is 0.00453. The Hall–Kier alpha value is -2.82. The smallest absolute Gasteiger partial charge is 0.243 e. The number of hydrogen-bond donors (Lipinski definition) is 1. The molecule has 1 atom stereocenters. The summed E-state index contributed by atoms with van der Waals surface area (Å²) in [4.78, 5) is 28.8. The zero-order valence-corrected chi connectivity index (χ0v) is 21.2. The van der Waals surface area contributed by atoms with Crippen LogP contribution in [0.3, 0.4) is 0 Å². The van der Waals surface area contributed by atoms with Gasteiger partial charge in [0.1, 0.15) is 6.04 Å². The Balaban J connectivity index is 2.01. The van der Waals surface area contributed by atoms with Crippen molar-refractivity contribution < 1.29 is 9.59 Å². The molecule has 1 N–H and O–H groups in total. The average Bonchev–Trinajstić information content (AvgIpc) is 2.79. The van der Waals surface area contributed by atoms with Crippen molar-refractivity contribution in [3.8, 4) is 0 Å². The van der Waals surface area contributed by atoms with Crippen molar-refractivity contribution in [2.45, 2.75) is 52.2 Å². The number of carbonyl (C=O) groups is 2. The van der Waals surface area contributed by atoms with Crippen LogP contribution in [0.4, 0.5) is 0 Å². The number of hydrogen-bond acceptors (Lipinski definition) is 2. The molecule has 0 aliphatic heterocycles. The van der Waals surface area contributed by atoms with E-state index in [0.29, 0.717) is 28.6 Å². The van der Waals surface area contributed by atoms with Crippen molar-refractivity contribution in [2.24, 2.45) is 0 Å². The summed E-state index contributed by atoms with van der Waals surface area (Å²) in [6.07, 6.45) is 0.401. The van der Waals surface area contributed by atoms with Gasteiger partial charge in [0.05, 0.1) is 6.42 Å². The monoisotopic (exact) mass is 496 g/mol. The quantitative estimate of drug-likeness (QED) is 0.394. The number of amides is 2. The van der Waals surface area contributed by atoms with Gasteiger partial charge in [-0.3, -0.25) is 9.59 Å². The molecule has 0 aromatic heterocycles. The average molecular weight is 497 g/mol. The van der Waals surface area contributed by atoms with Crippen LogP contribution in [-0.2, 0) is 29.0 Å². The third kappa shape index (κ3) is 7.09. The Morgan fingerprint density at radius 2 is 1.50 bits per heavy atom. The van der Waals surface area contributed by atoms with E-state index in [9.17, 15) is 9.59 Å². The number of halogens is 2. The highest BCUT2D eigenvalue weighted by Gasteiger charge is 2.31. The third-order valence-corrected chi connectivity index (χ3v) is 6.24. The van der Waals surface area contributed by atoms with E-state index in [1.165, 1.54) is 0 Å². The molecule has 1 unspecified atom stereocenters. The van der Waals surface area contributed by atoms with Crippen LogP contribution in [0.25, 0.3) is 0 Å². The summed E-state index contributed by atoms with van der Waals surface area (Å²) in [6, 6.07) is 22.1. The topological polar surface area (TPSA) is 49.4 Å². The molecule has 0 spiro atoms. The summed E-state index contributed by atoms with van der Waals surface area (Å²) in [5.41, 5.74) is 3.58. The molecule has 0 heterocycles. The van der Waals surface area contributed by atoms with Crippen molar-refractivity contribution in [3.05, 3.63) is 105 Å². The number of aryl methyl sites for hydroxylation is 1. The van der Waals surface area contributed by atoms with Gasteiger partial charge in [0, 0.05) is 29.1 Å². The van der Waals surface area contributed by atoms with Gasteiger partial charge in [-0.25, -0.2) is 0 Å². The molecule has 3 aromatic carbocycles. The zero-order chi connectivity index (χ0) is 24.7. The molecule has 0 aliphatic rings. The Kier molecular flexibility index (Phi) is 9.14. The number of rotatable bonds is 9. The second-order valence-corrected chi connectivity index (χ2v) is 9.57. The van der Waals surface area contributed by atoms with Gasteiger partial charge in [-0.15, -0.1) is 0 Å². The standard InChI is InChI=1S/C28H30Cl2N2O2/c1-19(2)31-28(34)26(16-21-10-5-4-6-11-21)32(18-22-12-7-9-20(3)15-22)27(33)17-23-24(29)13-8-14-25(23)30/h4-15,19,26H,16-18H2,1-3H3,(H,31,34). The first-order valence-corrected chi connectivity index (χ1v) is 12.1. The van der Waals surface area contributed by atoms with Gasteiger partial charge in [-0.1, -0.05) is 89.4 Å². The summed E-state index contributed by atoms with van der Waals surface area (Å²) in [6.45, 7) is 6.12. The Labute approximate surface area is 211 Å². The van der Waals surface area contributed by atoms with E-state index in [-0.39, 0.29) is 24.3 Å². The molecule has 0 bridgehead atoms. The predicted molar refractivity (Wildman–Crippen MR) is 139 cm³/mol. The van der Waals surface area contributed by atoms with Gasteiger partial charge in [0.25, 0.3) is 0 Å². The number of nitrogens with one attached hydrogen (secondary N) is 1. The minimum Gasteiger partial charge on any atom is -0.352 e. The van der Waals surface area contributed by atoms with Crippen molar-refractivity contribution in [1.82, 2.24) is 10.2 Å². The molecule has 0 radical (unpaired) electrons. The van der Waals surface area contributed by atoms with E-state index in [2.05, 4.69) is 5.32 Å². The summed E-state index contributed by atoms with van der Waals surface area (Å²) < 4.78 is 0. The van der Waals surface area contributed by atoms with Crippen LogP contribution in [0, 0.1) is 6.92 Å². The van der Waals surface area contributed by atoms with Crippen molar-refractivity contribution in [1.29, 1.82) is 0 Å². The Morgan fingerprint density at radius 1 is 0.882 bits per heavy atom. The summed E-state index contributed by atoms with van der Waals surface area (Å²) >= 11 is 12.7. The lowest BCUT2D eigenvalue weighted by molar-refractivity contribution is -0.141. The molecular formula is C28H30Cl2N2O2. The zero-order valence-electron chi connectivity index (χ0n) is 19.7. The molecule has 178 valence electrons. The molecule has 0 aliphatic carbocycles. The van der Waals surface area contributed by atoms with Crippen molar-refractivity contribution in [2.75, 3.05) is 0 Å². The van der Waals surface area contributed by atoms with Crippen LogP contribution in [0.1, 0.15) is 36.1 Å². The molecule has 0 fully saturated rings. The SMILES string of the molecule is Cc1cccc(CN(C(=O)Cc2c(Cl)cccc2Cl)C(Cc2ccccc2)C(=O)NC(C)C)c1. The first kappa shape index (κ1) is 25.8. The fourth-order valence-electron chi connectivity index (χ4n) is 3.90. The Bertz CT molecular complexity index is 1110. The molecule has 0 saturated carbocycles. The summed E-state index contributed by atoms with van der Waals surface area (Å²) in [5.74, 6) is -0.401. The van der Waals surface area contributed by atoms with E-state index in [4.69, 9.17) is 23.2 Å². The first-order chi connectivity index (χ1) is 16.2. The molecule has 6 heteroatoms. The highest BCUT2D eigenvalue weighted by Crippen LogP contribution is 2.26. The van der Waals surface area contributed by atoms with Crippen molar-refractivity contribution in [3.63, 3.8) is 0 Å². The van der Waals surface area contributed by atoms with Crippen LogP contribution in [0.5, 0.6) is 0 Å². The van der Waals surface area contributed by atoms with E-state index < -0.39 is 6.04 Å². The third-order valence-electron chi connectivity index (χ3n) is 5.53.